The topological polar surface area (TPSA) is 167 Å². The second-order valence-electron chi connectivity index (χ2n) is 4.32. The zero-order chi connectivity index (χ0) is 17.1. The molecule has 2 aromatic carbocycles. The van der Waals surface area contributed by atoms with Gasteiger partial charge >= 0.3 is 0 Å². The highest BCUT2D eigenvalue weighted by Gasteiger charge is 2.32. The summed E-state index contributed by atoms with van der Waals surface area (Å²) < 4.78 is 0. The molecule has 11 heteroatoms. The summed E-state index contributed by atoms with van der Waals surface area (Å²) in [4.78, 5) is 30.6. The number of nitrogens with one attached hydrogen (secondary N) is 1. The van der Waals surface area contributed by atoms with E-state index in [4.69, 9.17) is 5.84 Å². The molecule has 0 atom stereocenters. The Morgan fingerprint density at radius 2 is 1.39 bits per heavy atom. The smallest absolute Gasteiger partial charge is 0.291 e. The molecular formula is C12H9N5O6. The number of rotatable bonds is 5. The van der Waals surface area contributed by atoms with Crippen LogP contribution in [0.2, 0.25) is 0 Å². The van der Waals surface area contributed by atoms with Gasteiger partial charge in [-0.15, -0.1) is 0 Å². The van der Waals surface area contributed by atoms with Crippen LogP contribution in [-0.2, 0) is 0 Å². The van der Waals surface area contributed by atoms with Crippen molar-refractivity contribution in [2.24, 2.45) is 5.84 Å². The van der Waals surface area contributed by atoms with Gasteiger partial charge in [-0.2, -0.15) is 0 Å². The Morgan fingerprint density at radius 1 is 0.870 bits per heavy atom. The number of para-hydroxylation sites is 1. The van der Waals surface area contributed by atoms with Gasteiger partial charge in [0, 0.05) is 5.56 Å². The number of benzene rings is 2. The van der Waals surface area contributed by atoms with Crippen LogP contribution in [0.1, 0.15) is 0 Å². The van der Waals surface area contributed by atoms with Crippen LogP contribution in [0.5, 0.6) is 0 Å². The molecule has 0 aliphatic heterocycles. The second-order valence-corrected chi connectivity index (χ2v) is 4.32. The van der Waals surface area contributed by atoms with E-state index in [1.807, 2.05) is 0 Å². The van der Waals surface area contributed by atoms with Crippen LogP contribution in [-0.4, -0.2) is 14.8 Å². The summed E-state index contributed by atoms with van der Waals surface area (Å²) in [7, 11) is 0. The summed E-state index contributed by atoms with van der Waals surface area (Å²) in [6.07, 6.45) is 0. The molecule has 0 aliphatic rings. The number of nitro benzene ring substituents is 3. The molecular weight excluding hydrogens is 310 g/mol. The van der Waals surface area contributed by atoms with E-state index >= 15 is 0 Å². The molecule has 0 saturated carbocycles. The lowest BCUT2D eigenvalue weighted by molar-refractivity contribution is -0.402. The largest absolute Gasteiger partial charge is 0.324 e. The molecule has 11 nitrogen and oxygen atoms in total. The monoisotopic (exact) mass is 319 g/mol. The molecule has 0 radical (unpaired) electrons. The number of non-ortho nitro benzene ring substituents is 1. The van der Waals surface area contributed by atoms with Crippen LogP contribution in [0.4, 0.5) is 22.7 Å². The molecule has 0 unspecified atom stereocenters. The van der Waals surface area contributed by atoms with Crippen molar-refractivity contribution in [1.29, 1.82) is 0 Å². The van der Waals surface area contributed by atoms with Gasteiger partial charge in [0.2, 0.25) is 0 Å². The first kappa shape index (κ1) is 15.8. The molecule has 2 aromatic rings. The Morgan fingerprint density at radius 3 is 1.83 bits per heavy atom. The highest BCUT2D eigenvalue weighted by Crippen LogP contribution is 2.43. The molecule has 2 rings (SSSR count). The van der Waals surface area contributed by atoms with Gasteiger partial charge in [-0.05, 0) is 6.07 Å². The Bertz CT molecular complexity index is 786. The average molecular weight is 319 g/mol. The van der Waals surface area contributed by atoms with Crippen molar-refractivity contribution >= 4 is 22.7 Å². The van der Waals surface area contributed by atoms with Crippen LogP contribution < -0.4 is 11.3 Å². The number of hydrogen-bond acceptors (Lipinski definition) is 8. The van der Waals surface area contributed by atoms with Gasteiger partial charge in [0.1, 0.15) is 5.56 Å². The van der Waals surface area contributed by atoms with E-state index in [1.165, 1.54) is 18.2 Å². The molecule has 0 spiro atoms. The van der Waals surface area contributed by atoms with E-state index in [2.05, 4.69) is 5.43 Å². The quantitative estimate of drug-likeness (QED) is 0.480. The maximum Gasteiger partial charge on any atom is 0.291 e. The number of nitrogens with zero attached hydrogens (tertiary/aromatic N) is 3. The molecule has 0 fully saturated rings. The van der Waals surface area contributed by atoms with Crippen molar-refractivity contribution in [2.45, 2.75) is 0 Å². The number of nitrogens with two attached hydrogens (primary N) is 1. The summed E-state index contributed by atoms with van der Waals surface area (Å²) in [6, 6.07) is 7.28. The van der Waals surface area contributed by atoms with Gasteiger partial charge in [0.15, 0.2) is 0 Å². The van der Waals surface area contributed by atoms with Gasteiger partial charge < -0.3 is 5.43 Å². The van der Waals surface area contributed by atoms with Crippen molar-refractivity contribution in [1.82, 2.24) is 0 Å². The van der Waals surface area contributed by atoms with E-state index in [1.54, 1.807) is 6.07 Å². The van der Waals surface area contributed by atoms with Crippen molar-refractivity contribution < 1.29 is 14.8 Å². The molecule has 0 aliphatic carbocycles. The van der Waals surface area contributed by atoms with E-state index < -0.39 is 31.8 Å². The summed E-state index contributed by atoms with van der Waals surface area (Å²) in [5, 5.41) is 33.4. The number of hydrazine groups is 1. The third-order valence-corrected chi connectivity index (χ3v) is 3.04. The van der Waals surface area contributed by atoms with E-state index in [0.717, 1.165) is 0 Å². The first-order valence-electron chi connectivity index (χ1n) is 6.04. The number of nitrogen functional groups attached to an aromatic ring is 1. The fourth-order valence-corrected chi connectivity index (χ4v) is 2.09. The zero-order valence-electron chi connectivity index (χ0n) is 11.3. The first-order chi connectivity index (χ1) is 10.9. The van der Waals surface area contributed by atoms with Crippen molar-refractivity contribution in [3.8, 4) is 11.1 Å². The van der Waals surface area contributed by atoms with Gasteiger partial charge in [0.05, 0.1) is 32.6 Å². The van der Waals surface area contributed by atoms with Crippen LogP contribution >= 0.6 is 0 Å². The highest BCUT2D eigenvalue weighted by atomic mass is 16.6. The fourth-order valence-electron chi connectivity index (χ4n) is 2.09. The zero-order valence-corrected chi connectivity index (χ0v) is 11.3. The van der Waals surface area contributed by atoms with Crippen LogP contribution in [0.3, 0.4) is 0 Å². The normalized spacial score (nSPS) is 10.1. The van der Waals surface area contributed by atoms with Gasteiger partial charge in [0.25, 0.3) is 17.1 Å². The summed E-state index contributed by atoms with van der Waals surface area (Å²) in [5.74, 6) is 5.32. The molecule has 0 amide bonds. The Balaban J connectivity index is 2.92. The van der Waals surface area contributed by atoms with E-state index in [9.17, 15) is 30.3 Å². The number of hydrogen-bond donors (Lipinski definition) is 2. The minimum Gasteiger partial charge on any atom is -0.324 e. The Hall–Kier alpha value is -3.60. The molecule has 0 saturated heterocycles. The third-order valence-electron chi connectivity index (χ3n) is 3.04. The summed E-state index contributed by atoms with van der Waals surface area (Å²) in [5.41, 5.74) is -0.0463. The second kappa shape index (κ2) is 6.03. The molecule has 0 aromatic heterocycles. The molecule has 118 valence electrons. The SMILES string of the molecule is NNc1ccccc1-c1c([N+](=O)[O-])cc([N+](=O)[O-])cc1[N+](=O)[O-]. The minimum atomic E-state index is -0.934. The summed E-state index contributed by atoms with van der Waals surface area (Å²) >= 11 is 0. The van der Waals surface area contributed by atoms with Crippen LogP contribution in [0, 0.1) is 30.3 Å². The Kier molecular flexibility index (Phi) is 4.14. The van der Waals surface area contributed by atoms with Crippen molar-refractivity contribution in [3.63, 3.8) is 0 Å². The lowest BCUT2D eigenvalue weighted by Gasteiger charge is -2.09. The Labute approximate surface area is 127 Å². The molecule has 0 bridgehead atoms. The highest BCUT2D eigenvalue weighted by molar-refractivity contribution is 5.90. The maximum atomic E-state index is 11.3. The van der Waals surface area contributed by atoms with Gasteiger partial charge in [-0.25, -0.2) is 0 Å². The molecule has 0 heterocycles. The lowest BCUT2D eigenvalue weighted by Crippen LogP contribution is -2.09. The number of nitro groups is 3. The predicted molar refractivity (Wildman–Crippen MR) is 79.7 cm³/mol. The minimum absolute atomic E-state index is 0.0864. The van der Waals surface area contributed by atoms with Crippen LogP contribution in [0.15, 0.2) is 36.4 Å². The van der Waals surface area contributed by atoms with Crippen LogP contribution in [0.25, 0.3) is 11.1 Å². The van der Waals surface area contributed by atoms with Gasteiger partial charge in [-0.3, -0.25) is 36.2 Å². The maximum absolute atomic E-state index is 11.3. The first-order valence-corrected chi connectivity index (χ1v) is 6.04. The number of anilines is 1. The molecule has 23 heavy (non-hydrogen) atoms. The van der Waals surface area contributed by atoms with Crippen molar-refractivity contribution in [2.75, 3.05) is 5.43 Å². The summed E-state index contributed by atoms with van der Waals surface area (Å²) in [6.45, 7) is 0. The molecule has 3 N–H and O–H groups in total. The van der Waals surface area contributed by atoms with Gasteiger partial charge in [-0.1, -0.05) is 18.2 Å². The van der Waals surface area contributed by atoms with E-state index in [-0.39, 0.29) is 16.8 Å². The average Bonchev–Trinajstić information content (AvgIpc) is 2.53. The standard InChI is InChI=1S/C12H9N5O6/c13-14-9-4-2-1-3-8(9)12-10(16(20)21)5-7(15(18)19)6-11(12)17(22)23/h1-6,14H,13H2. The van der Waals surface area contributed by atoms with Crippen molar-refractivity contribution in [3.05, 3.63) is 66.7 Å². The fraction of sp³-hybridized carbons (Fsp3) is 0. The van der Waals surface area contributed by atoms with E-state index in [0.29, 0.717) is 12.1 Å². The lowest BCUT2D eigenvalue weighted by atomic mass is 9.99. The third kappa shape index (κ3) is 2.89. The predicted octanol–water partition coefficient (Wildman–Crippen LogP) is 2.36.